The average molecular weight is 410 g/mol. The van der Waals surface area contributed by atoms with Crippen LogP contribution in [0, 0.1) is 0 Å². The molecule has 29 heavy (non-hydrogen) atoms. The van der Waals surface area contributed by atoms with E-state index in [9.17, 15) is 9.59 Å². The highest BCUT2D eigenvalue weighted by atomic mass is 32.1. The molecule has 1 aliphatic rings. The largest absolute Gasteiger partial charge is 0.342 e. The number of nitrogens with one attached hydrogen (secondary N) is 1. The van der Waals surface area contributed by atoms with Crippen molar-refractivity contribution < 1.29 is 14.1 Å². The fourth-order valence-electron chi connectivity index (χ4n) is 3.50. The molecule has 1 fully saturated rings. The van der Waals surface area contributed by atoms with E-state index in [0.29, 0.717) is 24.7 Å². The molecular formula is C21H22N4O3S. The van der Waals surface area contributed by atoms with Crippen LogP contribution in [0.3, 0.4) is 0 Å². The van der Waals surface area contributed by atoms with E-state index in [4.69, 9.17) is 4.52 Å². The molecule has 1 saturated heterocycles. The Bertz CT molecular complexity index is 982. The summed E-state index contributed by atoms with van der Waals surface area (Å²) < 4.78 is 5.52. The Morgan fingerprint density at radius 1 is 1.28 bits per heavy atom. The predicted octanol–water partition coefficient (Wildman–Crippen LogP) is 3.71. The number of nitrogens with zero attached hydrogens (tertiary/aromatic N) is 3. The molecule has 7 nitrogen and oxygen atoms in total. The van der Waals surface area contributed by atoms with Crippen LogP contribution >= 0.6 is 11.3 Å². The van der Waals surface area contributed by atoms with Gasteiger partial charge in [-0.3, -0.25) is 9.59 Å². The number of benzene rings is 1. The van der Waals surface area contributed by atoms with Gasteiger partial charge in [0, 0.05) is 36.1 Å². The summed E-state index contributed by atoms with van der Waals surface area (Å²) in [6.45, 7) is 2.84. The molecule has 1 aromatic carbocycles. The molecule has 4 rings (SSSR count). The summed E-state index contributed by atoms with van der Waals surface area (Å²) in [6, 6.07) is 11.3. The maximum atomic E-state index is 12.6. The summed E-state index contributed by atoms with van der Waals surface area (Å²) in [5, 5.41) is 8.83. The smallest absolute Gasteiger partial charge is 0.231 e. The Balaban J connectivity index is 1.42. The Morgan fingerprint density at radius 3 is 2.83 bits per heavy atom. The molecule has 0 radical (unpaired) electrons. The first kappa shape index (κ1) is 19.3. The lowest BCUT2D eigenvalue weighted by Gasteiger charge is -2.31. The van der Waals surface area contributed by atoms with E-state index in [0.717, 1.165) is 35.5 Å². The van der Waals surface area contributed by atoms with E-state index >= 15 is 0 Å². The van der Waals surface area contributed by atoms with Gasteiger partial charge in [0.25, 0.3) is 0 Å². The average Bonchev–Trinajstić information content (AvgIpc) is 3.40. The van der Waals surface area contributed by atoms with Crippen molar-refractivity contribution in [1.82, 2.24) is 15.0 Å². The molecule has 0 saturated carbocycles. The second kappa shape index (κ2) is 8.57. The molecule has 8 heteroatoms. The predicted molar refractivity (Wildman–Crippen MR) is 111 cm³/mol. The SMILES string of the molecule is CC(=O)Nc1ccc(-c2noc([C@H]3CCCN(C(=O)Cc4cccs4)C3)n2)cc1. The van der Waals surface area contributed by atoms with E-state index in [1.807, 2.05) is 34.5 Å². The van der Waals surface area contributed by atoms with Crippen molar-refractivity contribution in [3.8, 4) is 11.4 Å². The molecular weight excluding hydrogens is 388 g/mol. The number of likely N-dealkylation sites (tertiary alicyclic amines) is 1. The molecule has 1 aliphatic heterocycles. The highest BCUT2D eigenvalue weighted by molar-refractivity contribution is 7.10. The number of carbonyl (C=O) groups is 2. The van der Waals surface area contributed by atoms with Crippen LogP contribution in [-0.2, 0) is 16.0 Å². The lowest BCUT2D eigenvalue weighted by atomic mass is 9.97. The number of hydrogen-bond donors (Lipinski definition) is 1. The molecule has 2 aromatic heterocycles. The first-order valence-electron chi connectivity index (χ1n) is 9.60. The van der Waals surface area contributed by atoms with Crippen molar-refractivity contribution in [2.45, 2.75) is 32.1 Å². The molecule has 2 amide bonds. The van der Waals surface area contributed by atoms with Crippen LogP contribution in [-0.4, -0.2) is 39.9 Å². The lowest BCUT2D eigenvalue weighted by Crippen LogP contribution is -2.39. The number of rotatable bonds is 5. The topological polar surface area (TPSA) is 88.3 Å². The fourth-order valence-corrected chi connectivity index (χ4v) is 4.20. The Labute approximate surface area is 172 Å². The number of thiophene rings is 1. The minimum Gasteiger partial charge on any atom is -0.342 e. The third-order valence-electron chi connectivity index (χ3n) is 4.93. The summed E-state index contributed by atoms with van der Waals surface area (Å²) >= 11 is 1.61. The van der Waals surface area contributed by atoms with Gasteiger partial charge in [0.1, 0.15) is 0 Å². The van der Waals surface area contributed by atoms with Crippen molar-refractivity contribution in [1.29, 1.82) is 0 Å². The maximum absolute atomic E-state index is 12.6. The van der Waals surface area contributed by atoms with E-state index in [2.05, 4.69) is 15.5 Å². The molecule has 0 bridgehead atoms. The summed E-state index contributed by atoms with van der Waals surface area (Å²) in [5.74, 6) is 1.16. The van der Waals surface area contributed by atoms with E-state index in [1.54, 1.807) is 23.5 Å². The van der Waals surface area contributed by atoms with Gasteiger partial charge in [-0.1, -0.05) is 11.2 Å². The third-order valence-corrected chi connectivity index (χ3v) is 5.81. The normalized spacial score (nSPS) is 16.6. The van der Waals surface area contributed by atoms with Crippen LogP contribution in [0.1, 0.15) is 36.5 Å². The van der Waals surface area contributed by atoms with Crippen LogP contribution in [0.25, 0.3) is 11.4 Å². The first-order chi connectivity index (χ1) is 14.1. The van der Waals surface area contributed by atoms with Crippen molar-refractivity contribution in [3.05, 3.63) is 52.5 Å². The van der Waals surface area contributed by atoms with E-state index < -0.39 is 0 Å². The van der Waals surface area contributed by atoms with Crippen molar-refractivity contribution in [3.63, 3.8) is 0 Å². The molecule has 0 unspecified atom stereocenters. The van der Waals surface area contributed by atoms with Crippen LogP contribution in [0.15, 0.2) is 46.3 Å². The molecule has 1 N–H and O–H groups in total. The quantitative estimate of drug-likeness (QED) is 0.693. The van der Waals surface area contributed by atoms with E-state index in [-0.39, 0.29) is 17.7 Å². The Morgan fingerprint density at radius 2 is 2.10 bits per heavy atom. The van der Waals surface area contributed by atoms with Crippen LogP contribution in [0.4, 0.5) is 5.69 Å². The second-order valence-electron chi connectivity index (χ2n) is 7.15. The van der Waals surface area contributed by atoms with Gasteiger partial charge in [-0.25, -0.2) is 0 Å². The fraction of sp³-hybridized carbons (Fsp3) is 0.333. The molecule has 0 spiro atoms. The maximum Gasteiger partial charge on any atom is 0.231 e. The zero-order valence-electron chi connectivity index (χ0n) is 16.1. The van der Waals surface area contributed by atoms with Gasteiger partial charge in [-0.05, 0) is 48.6 Å². The summed E-state index contributed by atoms with van der Waals surface area (Å²) in [7, 11) is 0. The van der Waals surface area contributed by atoms with Crippen LogP contribution in [0.2, 0.25) is 0 Å². The van der Waals surface area contributed by atoms with Gasteiger partial charge < -0.3 is 14.7 Å². The van der Waals surface area contributed by atoms with Crippen LogP contribution < -0.4 is 5.32 Å². The summed E-state index contributed by atoms with van der Waals surface area (Å²) in [6.07, 6.45) is 2.29. The van der Waals surface area contributed by atoms with Gasteiger partial charge in [0.2, 0.25) is 23.5 Å². The zero-order valence-corrected chi connectivity index (χ0v) is 16.9. The van der Waals surface area contributed by atoms with Gasteiger partial charge in [0.15, 0.2) is 0 Å². The van der Waals surface area contributed by atoms with Crippen molar-refractivity contribution >= 4 is 28.8 Å². The highest BCUT2D eigenvalue weighted by Crippen LogP contribution is 2.28. The van der Waals surface area contributed by atoms with Gasteiger partial charge in [0.05, 0.1) is 12.3 Å². The minimum atomic E-state index is -0.116. The summed E-state index contributed by atoms with van der Waals surface area (Å²) in [5.41, 5.74) is 1.53. The van der Waals surface area contributed by atoms with E-state index in [1.165, 1.54) is 6.92 Å². The van der Waals surface area contributed by atoms with Gasteiger partial charge in [-0.15, -0.1) is 11.3 Å². The number of carbonyl (C=O) groups excluding carboxylic acids is 2. The Kier molecular flexibility index (Phi) is 5.71. The molecule has 0 aliphatic carbocycles. The van der Waals surface area contributed by atoms with Gasteiger partial charge >= 0.3 is 0 Å². The standard InChI is InChI=1S/C21H22N4O3S/c1-14(26)22-17-8-6-15(7-9-17)20-23-21(28-24-20)16-4-2-10-25(13-16)19(27)12-18-5-3-11-29-18/h3,5-9,11,16H,2,4,10,12-13H2,1H3,(H,22,26)/t16-/m0/s1. The number of hydrogen-bond acceptors (Lipinski definition) is 6. The molecule has 150 valence electrons. The van der Waals surface area contributed by atoms with Crippen molar-refractivity contribution in [2.24, 2.45) is 0 Å². The number of anilines is 1. The number of piperidine rings is 1. The molecule has 3 heterocycles. The molecule has 3 aromatic rings. The number of amides is 2. The molecule has 1 atom stereocenters. The highest BCUT2D eigenvalue weighted by Gasteiger charge is 2.28. The monoisotopic (exact) mass is 410 g/mol. The second-order valence-corrected chi connectivity index (χ2v) is 8.18. The zero-order chi connectivity index (χ0) is 20.2. The lowest BCUT2D eigenvalue weighted by molar-refractivity contribution is -0.131. The Hall–Kier alpha value is -3.00. The first-order valence-corrected chi connectivity index (χ1v) is 10.5. The third kappa shape index (κ3) is 4.71. The van der Waals surface area contributed by atoms with Gasteiger partial charge in [-0.2, -0.15) is 4.98 Å². The van der Waals surface area contributed by atoms with Crippen molar-refractivity contribution in [2.75, 3.05) is 18.4 Å². The number of aromatic nitrogens is 2. The minimum absolute atomic E-state index is 0.0518. The summed E-state index contributed by atoms with van der Waals surface area (Å²) in [4.78, 5) is 31.3. The van der Waals surface area contributed by atoms with Crippen LogP contribution in [0.5, 0.6) is 0 Å².